The maximum Gasteiger partial charge on any atom is 0.127 e. The summed E-state index contributed by atoms with van der Waals surface area (Å²) in [5.74, 6) is 1.01. The van der Waals surface area contributed by atoms with E-state index in [1.807, 2.05) is 6.92 Å². The number of halogens is 1. The summed E-state index contributed by atoms with van der Waals surface area (Å²) < 4.78 is 6.74. The molecule has 1 aromatic carbocycles. The van der Waals surface area contributed by atoms with Crippen LogP contribution in [0.3, 0.4) is 0 Å². The summed E-state index contributed by atoms with van der Waals surface area (Å²) >= 11 is 3.52. The number of ether oxygens (including phenoxy) is 1. The lowest BCUT2D eigenvalue weighted by atomic mass is 10.1. The molecule has 3 nitrogen and oxygen atoms in total. The van der Waals surface area contributed by atoms with Crippen LogP contribution in [0.1, 0.15) is 25.0 Å². The largest absolute Gasteiger partial charge is 0.493 e. The van der Waals surface area contributed by atoms with Crippen molar-refractivity contribution in [1.29, 1.82) is 0 Å². The molecule has 0 spiro atoms. The molecule has 0 aliphatic carbocycles. The smallest absolute Gasteiger partial charge is 0.127 e. The Labute approximate surface area is 110 Å². The monoisotopic (exact) mass is 299 g/mol. The van der Waals surface area contributed by atoms with Gasteiger partial charge in [-0.05, 0) is 31.5 Å². The summed E-state index contributed by atoms with van der Waals surface area (Å²) in [6, 6.07) is 4.27. The van der Waals surface area contributed by atoms with Crippen molar-refractivity contribution in [3.63, 3.8) is 0 Å². The summed E-state index contributed by atoms with van der Waals surface area (Å²) in [6.07, 6.45) is 0.629. The highest BCUT2D eigenvalue weighted by atomic mass is 79.9. The highest BCUT2D eigenvalue weighted by molar-refractivity contribution is 9.10. The van der Waals surface area contributed by atoms with E-state index in [0.717, 1.165) is 28.8 Å². The van der Waals surface area contributed by atoms with Crippen molar-refractivity contribution in [3.05, 3.63) is 27.7 Å². The molecule has 0 fully saturated rings. The minimum atomic E-state index is -0.351. The van der Waals surface area contributed by atoms with Crippen LogP contribution >= 0.6 is 15.9 Å². The number of aliphatic hydroxyl groups is 1. The highest BCUT2D eigenvalue weighted by Gasteiger charge is 2.18. The quantitative estimate of drug-likeness (QED) is 0.896. The van der Waals surface area contributed by atoms with Crippen LogP contribution in [0.5, 0.6) is 5.75 Å². The highest BCUT2D eigenvalue weighted by Crippen LogP contribution is 2.32. The molecule has 17 heavy (non-hydrogen) atoms. The molecule has 1 aliphatic rings. The predicted molar refractivity (Wildman–Crippen MR) is 71.3 cm³/mol. The van der Waals surface area contributed by atoms with Gasteiger partial charge in [0.05, 0.1) is 12.7 Å². The van der Waals surface area contributed by atoms with Gasteiger partial charge in [-0.25, -0.2) is 0 Å². The van der Waals surface area contributed by atoms with Crippen LogP contribution < -0.4 is 10.1 Å². The van der Waals surface area contributed by atoms with Gasteiger partial charge in [-0.1, -0.05) is 15.9 Å². The van der Waals surface area contributed by atoms with E-state index in [2.05, 4.69) is 33.4 Å². The Morgan fingerprint density at radius 3 is 2.94 bits per heavy atom. The number of nitrogens with one attached hydrogen (secondary N) is 1. The van der Waals surface area contributed by atoms with Crippen LogP contribution in [0, 0.1) is 0 Å². The lowest BCUT2D eigenvalue weighted by molar-refractivity contribution is 0.152. The van der Waals surface area contributed by atoms with Gasteiger partial charge in [-0.2, -0.15) is 0 Å². The number of benzene rings is 1. The molecule has 4 heteroatoms. The van der Waals surface area contributed by atoms with Gasteiger partial charge in [0, 0.05) is 29.0 Å². The Morgan fingerprint density at radius 1 is 1.47 bits per heavy atom. The minimum absolute atomic E-state index is 0.0750. The molecule has 0 aromatic heterocycles. The zero-order chi connectivity index (χ0) is 12.4. The van der Waals surface area contributed by atoms with Crippen LogP contribution in [0.2, 0.25) is 0 Å². The molecule has 1 aliphatic heterocycles. The first-order valence-electron chi connectivity index (χ1n) is 5.93. The Hall–Kier alpha value is -0.580. The van der Waals surface area contributed by atoms with Crippen LogP contribution in [-0.4, -0.2) is 23.9 Å². The predicted octanol–water partition coefficient (Wildman–Crippen LogP) is 2.24. The molecule has 0 saturated carbocycles. The zero-order valence-electron chi connectivity index (χ0n) is 10.2. The zero-order valence-corrected chi connectivity index (χ0v) is 11.8. The van der Waals surface area contributed by atoms with E-state index < -0.39 is 0 Å². The van der Waals surface area contributed by atoms with Crippen molar-refractivity contribution in [2.24, 2.45) is 0 Å². The van der Waals surface area contributed by atoms with E-state index in [-0.39, 0.29) is 12.1 Å². The molecule has 2 atom stereocenters. The van der Waals surface area contributed by atoms with E-state index in [1.54, 1.807) is 6.92 Å². The number of hydrogen-bond donors (Lipinski definition) is 2. The van der Waals surface area contributed by atoms with Crippen molar-refractivity contribution in [2.45, 2.75) is 39.0 Å². The summed E-state index contributed by atoms with van der Waals surface area (Å²) in [6.45, 7) is 5.25. The summed E-state index contributed by atoms with van der Waals surface area (Å²) in [5.41, 5.74) is 2.42. The van der Waals surface area contributed by atoms with Gasteiger partial charge in [-0.15, -0.1) is 0 Å². The van der Waals surface area contributed by atoms with Gasteiger partial charge in [0.2, 0.25) is 0 Å². The van der Waals surface area contributed by atoms with E-state index in [4.69, 9.17) is 4.74 Å². The molecule has 2 N–H and O–H groups in total. The SMILES string of the molecule is CC(O)C(C)NCc1cc(Br)cc2c1OCC2. The molecule has 2 rings (SSSR count). The van der Waals surface area contributed by atoms with E-state index in [0.29, 0.717) is 6.54 Å². The lowest BCUT2D eigenvalue weighted by Crippen LogP contribution is -2.35. The minimum Gasteiger partial charge on any atom is -0.493 e. The average Bonchev–Trinajstić information content (AvgIpc) is 2.72. The molecule has 0 radical (unpaired) electrons. The molecule has 1 aromatic rings. The normalized spacial score (nSPS) is 17.4. The number of fused-ring (bicyclic) bond motifs is 1. The van der Waals surface area contributed by atoms with Crippen LogP contribution in [0.4, 0.5) is 0 Å². The first-order valence-corrected chi connectivity index (χ1v) is 6.73. The Balaban J connectivity index is 2.11. The molecular formula is C13H18BrNO2. The molecule has 0 saturated heterocycles. The molecule has 0 amide bonds. The fraction of sp³-hybridized carbons (Fsp3) is 0.538. The fourth-order valence-electron chi connectivity index (χ4n) is 1.92. The first kappa shape index (κ1) is 12.9. The topological polar surface area (TPSA) is 41.5 Å². The van der Waals surface area contributed by atoms with Crippen molar-refractivity contribution in [2.75, 3.05) is 6.61 Å². The third kappa shape index (κ3) is 3.00. The van der Waals surface area contributed by atoms with Gasteiger partial charge < -0.3 is 15.2 Å². The van der Waals surface area contributed by atoms with Crippen LogP contribution in [0.15, 0.2) is 16.6 Å². The number of hydrogen-bond acceptors (Lipinski definition) is 3. The second-order valence-corrected chi connectivity index (χ2v) is 5.48. The summed E-state index contributed by atoms with van der Waals surface area (Å²) in [7, 11) is 0. The van der Waals surface area contributed by atoms with Gasteiger partial charge in [0.25, 0.3) is 0 Å². The molecule has 2 unspecified atom stereocenters. The van der Waals surface area contributed by atoms with Crippen molar-refractivity contribution in [1.82, 2.24) is 5.32 Å². The van der Waals surface area contributed by atoms with Gasteiger partial charge in [-0.3, -0.25) is 0 Å². The summed E-state index contributed by atoms with van der Waals surface area (Å²) in [4.78, 5) is 0. The first-order chi connectivity index (χ1) is 8.08. The Kier molecular flexibility index (Phi) is 4.07. The van der Waals surface area contributed by atoms with Crippen molar-refractivity contribution >= 4 is 15.9 Å². The Bertz CT molecular complexity index is 407. The van der Waals surface area contributed by atoms with Gasteiger partial charge in [0.1, 0.15) is 5.75 Å². The molecule has 0 bridgehead atoms. The van der Waals surface area contributed by atoms with Crippen molar-refractivity contribution in [3.8, 4) is 5.75 Å². The van der Waals surface area contributed by atoms with Gasteiger partial charge >= 0.3 is 0 Å². The van der Waals surface area contributed by atoms with Crippen LogP contribution in [-0.2, 0) is 13.0 Å². The van der Waals surface area contributed by atoms with Crippen LogP contribution in [0.25, 0.3) is 0 Å². The third-order valence-corrected chi connectivity index (χ3v) is 3.62. The molecular weight excluding hydrogens is 282 g/mol. The second-order valence-electron chi connectivity index (χ2n) is 4.56. The van der Waals surface area contributed by atoms with Crippen molar-refractivity contribution < 1.29 is 9.84 Å². The standard InChI is InChI=1S/C13H18BrNO2/c1-8(9(2)16)15-7-11-6-12(14)5-10-3-4-17-13(10)11/h5-6,8-9,15-16H,3-4,7H2,1-2H3. The fourth-order valence-corrected chi connectivity index (χ4v) is 2.47. The lowest BCUT2D eigenvalue weighted by Gasteiger charge is -2.17. The van der Waals surface area contributed by atoms with E-state index in [9.17, 15) is 5.11 Å². The van der Waals surface area contributed by atoms with Gasteiger partial charge in [0.15, 0.2) is 0 Å². The summed E-state index contributed by atoms with van der Waals surface area (Å²) in [5, 5.41) is 12.7. The third-order valence-electron chi connectivity index (χ3n) is 3.16. The maximum absolute atomic E-state index is 9.44. The van der Waals surface area contributed by atoms with E-state index in [1.165, 1.54) is 5.56 Å². The molecule has 94 valence electrons. The average molecular weight is 300 g/mol. The number of rotatable bonds is 4. The number of aliphatic hydroxyl groups excluding tert-OH is 1. The van der Waals surface area contributed by atoms with E-state index >= 15 is 0 Å². The molecule has 1 heterocycles. The second kappa shape index (κ2) is 5.38. The maximum atomic E-state index is 9.44. The Morgan fingerprint density at radius 2 is 2.24 bits per heavy atom.